The van der Waals surface area contributed by atoms with Crippen LogP contribution in [0, 0.1) is 12.8 Å². The third kappa shape index (κ3) is 3.15. The molecule has 0 aromatic carbocycles. The van der Waals surface area contributed by atoms with Gasteiger partial charge in [0.15, 0.2) is 0 Å². The van der Waals surface area contributed by atoms with Gasteiger partial charge < -0.3 is 10.4 Å². The van der Waals surface area contributed by atoms with Gasteiger partial charge in [0.1, 0.15) is 5.82 Å². The van der Waals surface area contributed by atoms with Crippen LogP contribution in [0.2, 0.25) is 0 Å². The third-order valence-electron chi connectivity index (χ3n) is 3.17. The average molecular weight is 255 g/mol. The second kappa shape index (κ2) is 5.44. The molecule has 1 aliphatic rings. The number of aryl methyl sites for hydroxylation is 1. The maximum atomic E-state index is 11.2. The molecule has 0 amide bonds. The summed E-state index contributed by atoms with van der Waals surface area (Å²) >= 11 is 1.30. The van der Waals surface area contributed by atoms with Crippen molar-refractivity contribution in [2.75, 3.05) is 5.32 Å². The van der Waals surface area contributed by atoms with Crippen molar-refractivity contribution in [3.63, 3.8) is 0 Å². The van der Waals surface area contributed by atoms with E-state index in [9.17, 15) is 9.90 Å². The third-order valence-corrected chi connectivity index (χ3v) is 3.91. The van der Waals surface area contributed by atoms with E-state index >= 15 is 0 Å². The summed E-state index contributed by atoms with van der Waals surface area (Å²) in [4.78, 5) is 15.5. The van der Waals surface area contributed by atoms with Crippen LogP contribution in [-0.4, -0.2) is 26.5 Å². The molecule has 94 valence electrons. The second-order valence-corrected chi connectivity index (χ2v) is 5.23. The van der Waals surface area contributed by atoms with E-state index in [1.54, 1.807) is 0 Å². The molecule has 2 unspecified atom stereocenters. The van der Waals surface area contributed by atoms with E-state index in [0.29, 0.717) is 0 Å². The maximum Gasteiger partial charge on any atom is 0.308 e. The fourth-order valence-corrected chi connectivity index (χ4v) is 2.93. The Morgan fingerprint density at radius 1 is 1.41 bits per heavy atom. The van der Waals surface area contributed by atoms with E-state index in [1.165, 1.54) is 11.5 Å². The minimum Gasteiger partial charge on any atom is -0.481 e. The molecule has 2 N–H and O–H groups in total. The number of nitrogens with zero attached hydrogens (tertiary/aromatic N) is 2. The van der Waals surface area contributed by atoms with Gasteiger partial charge in [0.2, 0.25) is 5.13 Å². The average Bonchev–Trinajstić information content (AvgIpc) is 2.55. The van der Waals surface area contributed by atoms with E-state index in [0.717, 1.165) is 43.1 Å². The van der Waals surface area contributed by atoms with E-state index < -0.39 is 5.97 Å². The van der Waals surface area contributed by atoms with Crippen LogP contribution in [0.15, 0.2) is 0 Å². The first kappa shape index (κ1) is 12.3. The summed E-state index contributed by atoms with van der Waals surface area (Å²) in [7, 11) is 0. The lowest BCUT2D eigenvalue weighted by molar-refractivity contribution is -0.142. The van der Waals surface area contributed by atoms with Crippen molar-refractivity contribution < 1.29 is 9.90 Å². The highest BCUT2D eigenvalue weighted by molar-refractivity contribution is 7.09. The summed E-state index contributed by atoms with van der Waals surface area (Å²) in [5.41, 5.74) is 0. The van der Waals surface area contributed by atoms with Gasteiger partial charge in [-0.25, -0.2) is 4.98 Å². The Morgan fingerprint density at radius 3 is 2.82 bits per heavy atom. The van der Waals surface area contributed by atoms with Crippen molar-refractivity contribution in [2.45, 2.75) is 45.1 Å². The van der Waals surface area contributed by atoms with Gasteiger partial charge in [0.05, 0.1) is 5.92 Å². The van der Waals surface area contributed by atoms with Crippen molar-refractivity contribution in [1.82, 2.24) is 9.36 Å². The number of hydrogen-bond acceptors (Lipinski definition) is 5. The lowest BCUT2D eigenvalue weighted by Crippen LogP contribution is -2.33. The van der Waals surface area contributed by atoms with Gasteiger partial charge in [-0.15, -0.1) is 0 Å². The quantitative estimate of drug-likeness (QED) is 0.810. The zero-order valence-corrected chi connectivity index (χ0v) is 10.7. The molecular weight excluding hydrogens is 238 g/mol. The van der Waals surface area contributed by atoms with Crippen molar-refractivity contribution in [3.05, 3.63) is 5.82 Å². The molecule has 1 aliphatic carbocycles. The predicted molar refractivity (Wildman–Crippen MR) is 66.3 cm³/mol. The van der Waals surface area contributed by atoms with Crippen LogP contribution in [0.25, 0.3) is 0 Å². The smallest absolute Gasteiger partial charge is 0.308 e. The van der Waals surface area contributed by atoms with Crippen molar-refractivity contribution in [3.8, 4) is 0 Å². The monoisotopic (exact) mass is 255 g/mol. The zero-order chi connectivity index (χ0) is 12.3. The summed E-state index contributed by atoms with van der Waals surface area (Å²) in [5, 5.41) is 13.2. The molecule has 1 aromatic heterocycles. The molecule has 17 heavy (non-hydrogen) atoms. The minimum atomic E-state index is -0.703. The van der Waals surface area contributed by atoms with Crippen molar-refractivity contribution in [1.29, 1.82) is 0 Å². The van der Waals surface area contributed by atoms with Gasteiger partial charge in [0, 0.05) is 17.6 Å². The Kier molecular flexibility index (Phi) is 3.93. The Bertz CT molecular complexity index is 394. The number of aromatic nitrogens is 2. The van der Waals surface area contributed by atoms with Crippen LogP contribution in [0.5, 0.6) is 0 Å². The van der Waals surface area contributed by atoms with Crippen LogP contribution >= 0.6 is 11.5 Å². The predicted octanol–water partition coefficient (Wildman–Crippen LogP) is 2.29. The fourth-order valence-electron chi connectivity index (χ4n) is 2.29. The van der Waals surface area contributed by atoms with Crippen molar-refractivity contribution >= 4 is 22.6 Å². The molecule has 2 rings (SSSR count). The number of hydrogen-bond donors (Lipinski definition) is 2. The van der Waals surface area contributed by atoms with E-state index in [2.05, 4.69) is 14.7 Å². The highest BCUT2D eigenvalue weighted by Crippen LogP contribution is 2.27. The van der Waals surface area contributed by atoms with Gasteiger partial charge >= 0.3 is 5.97 Å². The maximum absolute atomic E-state index is 11.2. The molecule has 0 bridgehead atoms. The van der Waals surface area contributed by atoms with E-state index in [1.807, 2.05) is 6.92 Å². The Morgan fingerprint density at radius 2 is 2.18 bits per heavy atom. The number of carbonyl (C=O) groups is 1. The number of nitrogens with one attached hydrogen (secondary N) is 1. The second-order valence-electron chi connectivity index (χ2n) is 4.48. The topological polar surface area (TPSA) is 75.1 Å². The molecule has 1 saturated carbocycles. The summed E-state index contributed by atoms with van der Waals surface area (Å²) in [5.74, 6) is -0.273. The normalized spacial score (nSPS) is 25.2. The first-order valence-corrected chi connectivity index (χ1v) is 6.74. The summed E-state index contributed by atoms with van der Waals surface area (Å²) < 4.78 is 4.10. The molecule has 6 heteroatoms. The molecule has 0 radical (unpaired) electrons. The summed E-state index contributed by atoms with van der Waals surface area (Å²) in [6, 6.07) is -0.0117. The van der Waals surface area contributed by atoms with Gasteiger partial charge in [0.25, 0.3) is 0 Å². The Labute approximate surface area is 104 Å². The standard InChI is InChI=1S/C11H17N3O2S/c1-7-12-11(17-14-7)13-9-6-4-2-3-5-8(9)10(15)16/h8-9H,2-6H2,1H3,(H,15,16)(H,12,13,14). The van der Waals surface area contributed by atoms with Gasteiger partial charge in [-0.2, -0.15) is 4.37 Å². The molecule has 0 saturated heterocycles. The van der Waals surface area contributed by atoms with Gasteiger partial charge in [-0.3, -0.25) is 4.79 Å². The van der Waals surface area contributed by atoms with Crippen LogP contribution in [-0.2, 0) is 4.79 Å². The van der Waals surface area contributed by atoms with Crippen LogP contribution in [0.1, 0.15) is 37.9 Å². The van der Waals surface area contributed by atoms with Gasteiger partial charge in [-0.05, 0) is 19.8 Å². The minimum absolute atomic E-state index is 0.0117. The molecule has 5 nitrogen and oxygen atoms in total. The number of aliphatic carboxylic acids is 1. The van der Waals surface area contributed by atoms with Crippen LogP contribution in [0.3, 0.4) is 0 Å². The molecule has 0 aliphatic heterocycles. The molecule has 1 heterocycles. The highest BCUT2D eigenvalue weighted by Gasteiger charge is 2.29. The lowest BCUT2D eigenvalue weighted by Gasteiger charge is -2.22. The highest BCUT2D eigenvalue weighted by atomic mass is 32.1. The largest absolute Gasteiger partial charge is 0.481 e. The summed E-state index contributed by atoms with van der Waals surface area (Å²) in [6.45, 7) is 1.84. The van der Waals surface area contributed by atoms with E-state index in [4.69, 9.17) is 0 Å². The van der Waals surface area contributed by atoms with Crippen LogP contribution in [0.4, 0.5) is 5.13 Å². The molecule has 2 atom stereocenters. The van der Waals surface area contributed by atoms with Crippen LogP contribution < -0.4 is 5.32 Å². The zero-order valence-electron chi connectivity index (χ0n) is 9.85. The Hall–Kier alpha value is -1.17. The van der Waals surface area contributed by atoms with E-state index in [-0.39, 0.29) is 12.0 Å². The Balaban J connectivity index is 2.07. The first-order chi connectivity index (χ1) is 8.16. The molecule has 1 aromatic rings. The number of carboxylic acids is 1. The molecular formula is C11H17N3O2S. The fraction of sp³-hybridized carbons (Fsp3) is 0.727. The summed E-state index contributed by atoms with van der Waals surface area (Å²) in [6.07, 6.45) is 4.86. The molecule has 0 spiro atoms. The van der Waals surface area contributed by atoms with Gasteiger partial charge in [-0.1, -0.05) is 19.3 Å². The number of carboxylic acid groups (broad SMARTS) is 1. The lowest BCUT2D eigenvalue weighted by atomic mass is 9.95. The first-order valence-electron chi connectivity index (χ1n) is 5.96. The number of anilines is 1. The van der Waals surface area contributed by atoms with Crippen molar-refractivity contribution in [2.24, 2.45) is 5.92 Å². The number of rotatable bonds is 3. The SMILES string of the molecule is Cc1nsc(NC2CCCCCC2C(=O)O)n1. The molecule has 1 fully saturated rings.